The maximum Gasteiger partial charge on any atom is 0.255 e. The fourth-order valence-electron chi connectivity index (χ4n) is 3.54. The second-order valence-electron chi connectivity index (χ2n) is 7.52. The molecule has 154 valence electrons. The Bertz CT molecular complexity index is 1020. The van der Waals surface area contributed by atoms with Crippen LogP contribution in [0.4, 0.5) is 5.69 Å². The van der Waals surface area contributed by atoms with Crippen molar-refractivity contribution in [2.75, 3.05) is 5.32 Å². The molecule has 0 bridgehead atoms. The van der Waals surface area contributed by atoms with Gasteiger partial charge in [-0.1, -0.05) is 37.5 Å². The van der Waals surface area contributed by atoms with Crippen molar-refractivity contribution in [3.63, 3.8) is 0 Å². The van der Waals surface area contributed by atoms with Crippen LogP contribution < -0.4 is 10.0 Å². The first-order valence-electron chi connectivity index (χ1n) is 9.81. The highest BCUT2D eigenvalue weighted by Crippen LogP contribution is 2.22. The van der Waals surface area contributed by atoms with Gasteiger partial charge in [-0.25, -0.2) is 13.1 Å². The molecule has 1 aliphatic carbocycles. The van der Waals surface area contributed by atoms with Crippen molar-refractivity contribution >= 4 is 27.4 Å². The van der Waals surface area contributed by atoms with E-state index in [1.807, 2.05) is 0 Å². The number of benzene rings is 2. The van der Waals surface area contributed by atoms with Crippen molar-refractivity contribution in [2.24, 2.45) is 0 Å². The molecule has 2 aromatic rings. The van der Waals surface area contributed by atoms with Crippen LogP contribution in [0, 0.1) is 6.92 Å². The lowest BCUT2D eigenvalue weighted by atomic mass is 9.96. The van der Waals surface area contributed by atoms with Gasteiger partial charge >= 0.3 is 0 Å². The van der Waals surface area contributed by atoms with E-state index < -0.39 is 15.9 Å². The third-order valence-electron chi connectivity index (χ3n) is 5.22. The Kier molecular flexibility index (Phi) is 6.49. The summed E-state index contributed by atoms with van der Waals surface area (Å²) in [6.07, 6.45) is 4.86. The lowest BCUT2D eigenvalue weighted by molar-refractivity contribution is 0.101. The first-order chi connectivity index (χ1) is 13.8. The van der Waals surface area contributed by atoms with Crippen LogP contribution in [-0.4, -0.2) is 26.2 Å². The second kappa shape index (κ2) is 8.88. The van der Waals surface area contributed by atoms with Crippen LogP contribution in [0.2, 0.25) is 0 Å². The van der Waals surface area contributed by atoms with Gasteiger partial charge in [0.1, 0.15) is 0 Å². The number of amides is 1. The molecule has 0 aliphatic heterocycles. The van der Waals surface area contributed by atoms with Gasteiger partial charge in [-0.15, -0.1) is 0 Å². The number of hydrogen-bond acceptors (Lipinski definition) is 4. The summed E-state index contributed by atoms with van der Waals surface area (Å²) in [4.78, 5) is 24.4. The monoisotopic (exact) mass is 414 g/mol. The van der Waals surface area contributed by atoms with Gasteiger partial charge in [0.25, 0.3) is 5.91 Å². The number of rotatable bonds is 6. The maximum absolute atomic E-state index is 12.8. The number of sulfonamides is 1. The Morgan fingerprint density at radius 3 is 2.41 bits per heavy atom. The molecular formula is C22H26N2O4S. The van der Waals surface area contributed by atoms with Gasteiger partial charge in [-0.2, -0.15) is 0 Å². The Labute approximate surface area is 171 Å². The lowest BCUT2D eigenvalue weighted by Gasteiger charge is -2.22. The quantitative estimate of drug-likeness (QED) is 0.697. The number of hydrogen-bond donors (Lipinski definition) is 2. The van der Waals surface area contributed by atoms with Crippen molar-refractivity contribution in [3.8, 4) is 0 Å². The summed E-state index contributed by atoms with van der Waals surface area (Å²) < 4.78 is 28.3. The van der Waals surface area contributed by atoms with Gasteiger partial charge in [-0.05, 0) is 56.5 Å². The SMILES string of the molecule is CC(=O)c1cccc(NC(=O)c2cc(S(=O)(=O)NC3CCCCC3)ccc2C)c1. The topological polar surface area (TPSA) is 92.3 Å². The Morgan fingerprint density at radius 1 is 1.00 bits per heavy atom. The average Bonchev–Trinajstić information content (AvgIpc) is 2.68. The van der Waals surface area contributed by atoms with Crippen LogP contribution in [0.25, 0.3) is 0 Å². The second-order valence-corrected chi connectivity index (χ2v) is 9.24. The van der Waals surface area contributed by atoms with Crippen LogP contribution in [0.3, 0.4) is 0 Å². The fraction of sp³-hybridized carbons (Fsp3) is 0.364. The highest BCUT2D eigenvalue weighted by Gasteiger charge is 2.23. The van der Waals surface area contributed by atoms with E-state index in [2.05, 4.69) is 10.0 Å². The first kappa shape index (κ1) is 21.2. The van der Waals surface area contributed by atoms with Crippen LogP contribution in [0.5, 0.6) is 0 Å². The summed E-state index contributed by atoms with van der Waals surface area (Å²) in [5.74, 6) is -0.517. The molecule has 1 aliphatic rings. The summed E-state index contributed by atoms with van der Waals surface area (Å²) in [5, 5.41) is 2.75. The number of ketones is 1. The zero-order chi connectivity index (χ0) is 21.0. The minimum absolute atomic E-state index is 0.0540. The molecule has 6 nitrogen and oxygen atoms in total. The molecule has 0 unspecified atom stereocenters. The molecule has 0 saturated heterocycles. The smallest absolute Gasteiger partial charge is 0.255 e. The van der Waals surface area contributed by atoms with E-state index in [0.717, 1.165) is 32.1 Å². The molecule has 1 amide bonds. The van der Waals surface area contributed by atoms with E-state index in [4.69, 9.17) is 0 Å². The van der Waals surface area contributed by atoms with Crippen molar-refractivity contribution in [2.45, 2.75) is 56.9 Å². The van der Waals surface area contributed by atoms with E-state index in [0.29, 0.717) is 16.8 Å². The first-order valence-corrected chi connectivity index (χ1v) is 11.3. The number of aryl methyl sites for hydroxylation is 1. The Balaban J connectivity index is 1.81. The number of carbonyl (C=O) groups is 2. The molecule has 0 aromatic heterocycles. The van der Waals surface area contributed by atoms with Gasteiger partial charge in [0.2, 0.25) is 10.0 Å². The zero-order valence-electron chi connectivity index (χ0n) is 16.7. The predicted molar refractivity (Wildman–Crippen MR) is 113 cm³/mol. The molecule has 29 heavy (non-hydrogen) atoms. The summed E-state index contributed by atoms with van der Waals surface area (Å²) in [5.41, 5.74) is 1.93. The standard InChI is InChI=1S/C22H26N2O4S/c1-15-11-12-20(29(27,28)24-18-8-4-3-5-9-18)14-21(15)22(26)23-19-10-6-7-17(13-19)16(2)25/h6-7,10-14,18,24H,3-5,8-9H2,1-2H3,(H,23,26). The molecule has 0 spiro atoms. The van der Waals surface area contributed by atoms with E-state index in [1.54, 1.807) is 37.3 Å². The van der Waals surface area contributed by atoms with E-state index in [-0.39, 0.29) is 22.3 Å². The highest BCUT2D eigenvalue weighted by molar-refractivity contribution is 7.89. The predicted octanol–water partition coefficient (Wildman–Crippen LogP) is 4.06. The van der Waals surface area contributed by atoms with Gasteiger partial charge < -0.3 is 5.32 Å². The third kappa shape index (κ3) is 5.31. The van der Waals surface area contributed by atoms with Crippen LogP contribution in [0.1, 0.15) is 65.3 Å². The highest BCUT2D eigenvalue weighted by atomic mass is 32.2. The van der Waals surface area contributed by atoms with Crippen molar-refractivity contribution in [1.82, 2.24) is 4.72 Å². The third-order valence-corrected chi connectivity index (χ3v) is 6.74. The number of nitrogens with one attached hydrogen (secondary N) is 2. The molecule has 1 fully saturated rings. The number of carbonyl (C=O) groups excluding carboxylic acids is 2. The van der Waals surface area contributed by atoms with Crippen molar-refractivity contribution in [1.29, 1.82) is 0 Å². The molecule has 0 radical (unpaired) electrons. The van der Waals surface area contributed by atoms with Crippen molar-refractivity contribution < 1.29 is 18.0 Å². The molecule has 1 saturated carbocycles. The van der Waals surface area contributed by atoms with Gasteiger partial charge in [0.15, 0.2) is 5.78 Å². The molecule has 7 heteroatoms. The maximum atomic E-state index is 12.8. The Hall–Kier alpha value is -2.51. The summed E-state index contributed by atoms with van der Waals surface area (Å²) in [6, 6.07) is 11.2. The minimum atomic E-state index is -3.70. The van der Waals surface area contributed by atoms with E-state index in [1.165, 1.54) is 19.1 Å². The summed E-state index contributed by atoms with van der Waals surface area (Å²) in [6.45, 7) is 3.21. The zero-order valence-corrected chi connectivity index (χ0v) is 17.5. The normalized spacial score (nSPS) is 15.1. The largest absolute Gasteiger partial charge is 0.322 e. The molecule has 0 heterocycles. The number of anilines is 1. The average molecular weight is 415 g/mol. The van der Waals surface area contributed by atoms with Gasteiger partial charge in [0.05, 0.1) is 4.90 Å². The fourth-order valence-corrected chi connectivity index (χ4v) is 4.87. The van der Waals surface area contributed by atoms with E-state index >= 15 is 0 Å². The molecular weight excluding hydrogens is 388 g/mol. The van der Waals surface area contributed by atoms with Gasteiger partial charge in [0, 0.05) is 22.9 Å². The van der Waals surface area contributed by atoms with Gasteiger partial charge in [-0.3, -0.25) is 9.59 Å². The molecule has 2 N–H and O–H groups in total. The number of Topliss-reactive ketones (excluding diaryl/α,β-unsaturated/α-hetero) is 1. The van der Waals surface area contributed by atoms with Crippen LogP contribution in [-0.2, 0) is 10.0 Å². The summed E-state index contributed by atoms with van der Waals surface area (Å²) >= 11 is 0. The molecule has 3 rings (SSSR count). The lowest BCUT2D eigenvalue weighted by Crippen LogP contribution is -2.36. The van der Waals surface area contributed by atoms with Crippen LogP contribution >= 0.6 is 0 Å². The molecule has 0 atom stereocenters. The Morgan fingerprint density at radius 2 is 1.72 bits per heavy atom. The minimum Gasteiger partial charge on any atom is -0.322 e. The van der Waals surface area contributed by atoms with Crippen molar-refractivity contribution in [3.05, 3.63) is 59.2 Å². The summed E-state index contributed by atoms with van der Waals surface area (Å²) in [7, 11) is -3.70. The molecule has 2 aromatic carbocycles. The van der Waals surface area contributed by atoms with E-state index in [9.17, 15) is 18.0 Å². The van der Waals surface area contributed by atoms with Crippen LogP contribution in [0.15, 0.2) is 47.4 Å².